The van der Waals surface area contributed by atoms with Crippen LogP contribution < -0.4 is 5.32 Å². The summed E-state index contributed by atoms with van der Waals surface area (Å²) in [4.78, 5) is 16.0. The monoisotopic (exact) mass is 329 g/mol. The molecule has 24 heavy (non-hydrogen) atoms. The van der Waals surface area contributed by atoms with Crippen molar-refractivity contribution in [2.75, 3.05) is 5.32 Å². The van der Waals surface area contributed by atoms with E-state index in [-0.39, 0.29) is 18.7 Å². The van der Waals surface area contributed by atoms with Gasteiger partial charge < -0.3 is 9.84 Å². The summed E-state index contributed by atoms with van der Waals surface area (Å²) in [6.07, 6.45) is 0.131. The summed E-state index contributed by atoms with van der Waals surface area (Å²) in [7, 11) is 0. The van der Waals surface area contributed by atoms with Crippen LogP contribution in [0.2, 0.25) is 0 Å². The number of aryl methyl sites for hydroxylation is 1. The van der Waals surface area contributed by atoms with E-state index in [0.717, 1.165) is 17.7 Å². The quantitative estimate of drug-likeness (QED) is 0.777. The molecule has 5 nitrogen and oxygen atoms in total. The fourth-order valence-corrected chi connectivity index (χ4v) is 2.10. The van der Waals surface area contributed by atoms with Crippen LogP contribution in [0.5, 0.6) is 0 Å². The maximum absolute atomic E-state index is 13.5. The van der Waals surface area contributed by atoms with Gasteiger partial charge in [-0.2, -0.15) is 4.98 Å². The Bertz CT molecular complexity index is 830. The number of benzene rings is 2. The smallest absolute Gasteiger partial charge is 0.227 e. The van der Waals surface area contributed by atoms with Gasteiger partial charge >= 0.3 is 0 Å². The number of hydrogen-bond acceptors (Lipinski definition) is 4. The van der Waals surface area contributed by atoms with Gasteiger partial charge in [-0.25, -0.2) is 8.78 Å². The lowest BCUT2D eigenvalue weighted by Gasteiger charge is -2.06. The number of nitrogens with one attached hydrogen (secondary N) is 1. The molecule has 1 N–H and O–H groups in total. The van der Waals surface area contributed by atoms with E-state index in [9.17, 15) is 13.6 Å². The number of amides is 1. The van der Waals surface area contributed by atoms with E-state index >= 15 is 0 Å². The van der Waals surface area contributed by atoms with Crippen molar-refractivity contribution in [3.8, 4) is 11.4 Å². The number of carbonyl (C=O) groups is 1. The van der Waals surface area contributed by atoms with Crippen LogP contribution in [-0.2, 0) is 11.2 Å². The summed E-state index contributed by atoms with van der Waals surface area (Å²) in [6, 6.07) is 12.6. The summed E-state index contributed by atoms with van der Waals surface area (Å²) in [6.45, 7) is 0. The molecule has 0 radical (unpaired) electrons. The molecule has 7 heteroatoms. The Balaban J connectivity index is 1.60. The number of carbonyl (C=O) groups excluding carboxylic acids is 1. The molecule has 0 saturated heterocycles. The van der Waals surface area contributed by atoms with E-state index in [4.69, 9.17) is 4.52 Å². The minimum atomic E-state index is -0.826. The highest BCUT2D eigenvalue weighted by Gasteiger charge is 2.14. The predicted molar refractivity (Wildman–Crippen MR) is 83.0 cm³/mol. The molecule has 0 aliphatic carbocycles. The number of rotatable bonds is 5. The van der Waals surface area contributed by atoms with E-state index in [1.165, 1.54) is 6.07 Å². The SMILES string of the molecule is O=C(CCc1nc(-c2ccccc2)no1)Nc1c(F)cccc1F. The van der Waals surface area contributed by atoms with Crippen LogP contribution in [0, 0.1) is 11.6 Å². The summed E-state index contributed by atoms with van der Waals surface area (Å²) in [5.74, 6) is -1.50. The Labute approximate surface area is 136 Å². The van der Waals surface area contributed by atoms with Crippen molar-refractivity contribution < 1.29 is 18.1 Å². The number of hydrogen-bond donors (Lipinski definition) is 1. The number of anilines is 1. The maximum Gasteiger partial charge on any atom is 0.227 e. The van der Waals surface area contributed by atoms with Gasteiger partial charge in [0, 0.05) is 18.4 Å². The summed E-state index contributed by atoms with van der Waals surface area (Å²) in [5.41, 5.74) is 0.336. The Morgan fingerprint density at radius 2 is 1.75 bits per heavy atom. The van der Waals surface area contributed by atoms with Crippen LogP contribution in [0.25, 0.3) is 11.4 Å². The fourth-order valence-electron chi connectivity index (χ4n) is 2.10. The first-order chi connectivity index (χ1) is 11.6. The van der Waals surface area contributed by atoms with Crippen molar-refractivity contribution in [2.24, 2.45) is 0 Å². The van der Waals surface area contributed by atoms with Crippen LogP contribution in [0.4, 0.5) is 14.5 Å². The molecule has 122 valence electrons. The van der Waals surface area contributed by atoms with Crippen molar-refractivity contribution in [3.63, 3.8) is 0 Å². The number of nitrogens with zero attached hydrogens (tertiary/aromatic N) is 2. The second-order valence-electron chi connectivity index (χ2n) is 5.02. The van der Waals surface area contributed by atoms with Gasteiger partial charge in [-0.1, -0.05) is 41.6 Å². The molecule has 0 unspecified atom stereocenters. The third-order valence-corrected chi connectivity index (χ3v) is 3.29. The third-order valence-electron chi connectivity index (χ3n) is 3.29. The van der Waals surface area contributed by atoms with Gasteiger partial charge in [0.1, 0.15) is 17.3 Å². The molecule has 0 aliphatic rings. The molecular weight excluding hydrogens is 316 g/mol. The van der Waals surface area contributed by atoms with Crippen LogP contribution in [-0.4, -0.2) is 16.0 Å². The Kier molecular flexibility index (Phi) is 4.60. The van der Waals surface area contributed by atoms with Crippen LogP contribution in [0.3, 0.4) is 0 Å². The van der Waals surface area contributed by atoms with E-state index in [2.05, 4.69) is 15.5 Å². The van der Waals surface area contributed by atoms with E-state index in [1.807, 2.05) is 30.3 Å². The number of aromatic nitrogens is 2. The number of halogens is 2. The Morgan fingerprint density at radius 3 is 2.46 bits per heavy atom. The average molecular weight is 329 g/mol. The molecule has 1 amide bonds. The molecule has 1 aromatic heterocycles. The fraction of sp³-hybridized carbons (Fsp3) is 0.118. The van der Waals surface area contributed by atoms with Crippen molar-refractivity contribution in [1.29, 1.82) is 0 Å². The maximum atomic E-state index is 13.5. The largest absolute Gasteiger partial charge is 0.339 e. The number of para-hydroxylation sites is 1. The standard InChI is InChI=1S/C17H13F2N3O2/c18-12-7-4-8-13(19)16(12)20-14(23)9-10-15-21-17(22-24-15)11-5-2-1-3-6-11/h1-8H,9-10H2,(H,20,23). The van der Waals surface area contributed by atoms with E-state index in [0.29, 0.717) is 5.82 Å². The van der Waals surface area contributed by atoms with Gasteiger partial charge in [-0.3, -0.25) is 4.79 Å². The molecule has 0 bridgehead atoms. The molecule has 0 spiro atoms. The van der Waals surface area contributed by atoms with Gasteiger partial charge in [0.05, 0.1) is 0 Å². The third kappa shape index (κ3) is 3.62. The van der Waals surface area contributed by atoms with E-state index < -0.39 is 23.2 Å². The first-order valence-electron chi connectivity index (χ1n) is 7.25. The van der Waals surface area contributed by atoms with Gasteiger partial charge in [0.15, 0.2) is 0 Å². The second-order valence-corrected chi connectivity index (χ2v) is 5.02. The van der Waals surface area contributed by atoms with Gasteiger partial charge in [0.2, 0.25) is 17.6 Å². The zero-order valence-corrected chi connectivity index (χ0v) is 12.5. The molecule has 3 aromatic rings. The minimum Gasteiger partial charge on any atom is -0.339 e. The van der Waals surface area contributed by atoms with Crippen LogP contribution >= 0.6 is 0 Å². The lowest BCUT2D eigenvalue weighted by molar-refractivity contribution is -0.116. The highest BCUT2D eigenvalue weighted by molar-refractivity contribution is 5.91. The second kappa shape index (κ2) is 6.99. The molecule has 0 aliphatic heterocycles. The Morgan fingerprint density at radius 1 is 1.04 bits per heavy atom. The van der Waals surface area contributed by atoms with Gasteiger partial charge in [-0.15, -0.1) is 0 Å². The van der Waals surface area contributed by atoms with E-state index in [1.54, 1.807) is 0 Å². The van der Waals surface area contributed by atoms with Crippen LogP contribution in [0.15, 0.2) is 53.1 Å². The normalized spacial score (nSPS) is 10.6. The summed E-state index contributed by atoms with van der Waals surface area (Å²) in [5, 5.41) is 6.05. The lowest BCUT2D eigenvalue weighted by Crippen LogP contribution is -2.14. The molecule has 2 aromatic carbocycles. The summed E-state index contributed by atoms with van der Waals surface area (Å²) < 4.78 is 32.0. The first-order valence-corrected chi connectivity index (χ1v) is 7.25. The zero-order chi connectivity index (χ0) is 16.9. The van der Waals surface area contributed by atoms with Gasteiger partial charge in [-0.05, 0) is 12.1 Å². The summed E-state index contributed by atoms with van der Waals surface area (Å²) >= 11 is 0. The molecule has 0 saturated carbocycles. The highest BCUT2D eigenvalue weighted by atomic mass is 19.1. The van der Waals surface area contributed by atoms with Crippen molar-refractivity contribution >= 4 is 11.6 Å². The lowest BCUT2D eigenvalue weighted by atomic mass is 10.2. The molecule has 0 atom stereocenters. The predicted octanol–water partition coefficient (Wildman–Crippen LogP) is 3.59. The van der Waals surface area contributed by atoms with Crippen LogP contribution in [0.1, 0.15) is 12.3 Å². The molecular formula is C17H13F2N3O2. The topological polar surface area (TPSA) is 68.0 Å². The molecule has 3 rings (SSSR count). The highest BCUT2D eigenvalue weighted by Crippen LogP contribution is 2.19. The average Bonchev–Trinajstić information content (AvgIpc) is 3.06. The molecule has 0 fully saturated rings. The van der Waals surface area contributed by atoms with Crippen molar-refractivity contribution in [2.45, 2.75) is 12.8 Å². The zero-order valence-electron chi connectivity index (χ0n) is 12.5. The minimum absolute atomic E-state index is 0.0375. The van der Waals surface area contributed by atoms with Crippen molar-refractivity contribution in [1.82, 2.24) is 10.1 Å². The Hall–Kier alpha value is -3.09. The molecule has 1 heterocycles. The van der Waals surface area contributed by atoms with Gasteiger partial charge in [0.25, 0.3) is 0 Å². The van der Waals surface area contributed by atoms with Crippen molar-refractivity contribution in [3.05, 3.63) is 66.1 Å². The first kappa shape index (κ1) is 15.8.